The first-order chi connectivity index (χ1) is 14.7. The van der Waals surface area contributed by atoms with Gasteiger partial charge in [0.15, 0.2) is 14.9 Å². The van der Waals surface area contributed by atoms with Crippen molar-refractivity contribution in [2.24, 2.45) is 0 Å². The number of carbonyl (C=O) groups excluding carboxylic acids is 1. The summed E-state index contributed by atoms with van der Waals surface area (Å²) in [6.07, 6.45) is 4.49. The molecule has 31 heavy (non-hydrogen) atoms. The summed E-state index contributed by atoms with van der Waals surface area (Å²) in [5.41, 5.74) is 4.11. The number of hydrogen-bond acceptors (Lipinski definition) is 9. The number of aliphatic hydroxyl groups excluding tert-OH is 1. The van der Waals surface area contributed by atoms with Gasteiger partial charge in [-0.15, -0.1) is 0 Å². The molecule has 0 saturated carbocycles. The molecule has 164 valence electrons. The zero-order valence-electron chi connectivity index (χ0n) is 17.2. The number of carbonyl (C=O) groups is 1. The number of hydrogen-bond donors (Lipinski definition) is 4. The van der Waals surface area contributed by atoms with Crippen LogP contribution in [0.1, 0.15) is 33.2 Å². The van der Waals surface area contributed by atoms with E-state index in [2.05, 4.69) is 15.6 Å². The fourth-order valence-electron chi connectivity index (χ4n) is 3.20. The Kier molecular flexibility index (Phi) is 6.84. The summed E-state index contributed by atoms with van der Waals surface area (Å²) in [5, 5.41) is 24.2. The highest BCUT2D eigenvalue weighted by Crippen LogP contribution is 2.28. The monoisotopic (exact) mass is 444 g/mol. The van der Waals surface area contributed by atoms with E-state index in [0.29, 0.717) is 23.4 Å². The number of rotatable bonds is 9. The Bertz CT molecular complexity index is 1130. The van der Waals surface area contributed by atoms with Crippen LogP contribution in [0.3, 0.4) is 0 Å². The fourth-order valence-corrected chi connectivity index (χ4v) is 3.76. The first-order valence-electron chi connectivity index (χ1n) is 9.51. The third kappa shape index (κ3) is 5.35. The number of cyclic esters (lactones) is 1. The molecule has 0 aliphatic carbocycles. The summed E-state index contributed by atoms with van der Waals surface area (Å²) >= 11 is 0. The lowest BCUT2D eigenvalue weighted by atomic mass is 9.95. The number of nitrogens with zero attached hydrogens (tertiary/aromatic N) is 1. The Hall–Kier alpha value is -3.08. The van der Waals surface area contributed by atoms with Crippen molar-refractivity contribution in [3.63, 3.8) is 0 Å². The minimum Gasteiger partial charge on any atom is -0.457 e. The van der Waals surface area contributed by atoms with Crippen molar-refractivity contribution in [3.8, 4) is 0 Å². The van der Waals surface area contributed by atoms with E-state index < -0.39 is 15.9 Å². The third-order valence-electron chi connectivity index (χ3n) is 4.96. The molecule has 4 N–H and O–H groups in total. The fraction of sp³-hybridized carbons (Fsp3) is 0.286. The van der Waals surface area contributed by atoms with E-state index in [1.165, 1.54) is 18.5 Å². The van der Waals surface area contributed by atoms with Crippen LogP contribution in [0, 0.1) is 12.3 Å². The number of benzene rings is 1. The number of esters is 1. The molecule has 10 heteroatoms. The van der Waals surface area contributed by atoms with Gasteiger partial charge >= 0.3 is 5.97 Å². The molecule has 0 bridgehead atoms. The molecule has 0 saturated heterocycles. The number of pyridine rings is 1. The van der Waals surface area contributed by atoms with Crippen molar-refractivity contribution in [2.45, 2.75) is 24.7 Å². The van der Waals surface area contributed by atoms with E-state index in [-0.39, 0.29) is 24.1 Å². The van der Waals surface area contributed by atoms with Gasteiger partial charge < -0.3 is 25.9 Å². The van der Waals surface area contributed by atoms with Crippen LogP contribution in [0.15, 0.2) is 47.3 Å². The number of aromatic nitrogens is 1. The van der Waals surface area contributed by atoms with Crippen molar-refractivity contribution in [2.75, 3.05) is 24.7 Å². The summed E-state index contributed by atoms with van der Waals surface area (Å²) < 4.78 is 27.9. The molecule has 1 aliphatic heterocycles. The first-order valence-corrected chi connectivity index (χ1v) is 11.4. The van der Waals surface area contributed by atoms with Crippen molar-refractivity contribution in [1.29, 1.82) is 5.41 Å². The van der Waals surface area contributed by atoms with Gasteiger partial charge in [-0.3, -0.25) is 0 Å². The topological polar surface area (TPSA) is 141 Å². The highest BCUT2D eigenvalue weighted by Gasteiger charge is 2.25. The lowest BCUT2D eigenvalue weighted by Crippen LogP contribution is -2.25. The summed E-state index contributed by atoms with van der Waals surface area (Å²) in [4.78, 5) is 15.5. The van der Waals surface area contributed by atoms with Crippen LogP contribution >= 0.6 is 0 Å². The predicted molar refractivity (Wildman–Crippen MR) is 116 cm³/mol. The minimum atomic E-state index is -3.36. The normalized spacial score (nSPS) is 14.7. The maximum atomic E-state index is 11.6. The molecule has 2 aromatic rings. The molecular weight excluding hydrogens is 420 g/mol. The maximum Gasteiger partial charge on any atom is 0.338 e. The van der Waals surface area contributed by atoms with Gasteiger partial charge in [-0.2, -0.15) is 0 Å². The van der Waals surface area contributed by atoms with E-state index in [9.17, 15) is 18.3 Å². The summed E-state index contributed by atoms with van der Waals surface area (Å²) in [6, 6.07) is 6.40. The molecule has 0 fully saturated rings. The van der Waals surface area contributed by atoms with Gasteiger partial charge in [0.05, 0.1) is 23.6 Å². The zero-order chi connectivity index (χ0) is 22.6. The highest BCUT2D eigenvalue weighted by atomic mass is 32.2. The number of nitrogens with one attached hydrogen (secondary N) is 3. The van der Waals surface area contributed by atoms with Crippen LogP contribution in [0.5, 0.6) is 0 Å². The lowest BCUT2D eigenvalue weighted by molar-refractivity contribution is 0.0535. The SMILES string of the molecule is Cc1c([C@@H](O)CNC/C(C=N)=C/Nc2ccc(S(C)(=O)=O)nc2)ccc2c1COC2=O. The number of anilines is 1. The molecule has 3 rings (SSSR count). The second kappa shape index (κ2) is 9.38. The molecule has 9 nitrogen and oxygen atoms in total. The van der Waals surface area contributed by atoms with Gasteiger partial charge in [-0.25, -0.2) is 18.2 Å². The van der Waals surface area contributed by atoms with Crippen molar-refractivity contribution in [1.82, 2.24) is 10.3 Å². The number of ether oxygens (including phenoxy) is 1. The zero-order valence-corrected chi connectivity index (χ0v) is 18.0. The maximum absolute atomic E-state index is 11.6. The Morgan fingerprint density at radius 1 is 1.35 bits per heavy atom. The van der Waals surface area contributed by atoms with Crippen LogP contribution in [0.25, 0.3) is 0 Å². The second-order valence-electron chi connectivity index (χ2n) is 7.19. The lowest BCUT2D eigenvalue weighted by Gasteiger charge is -2.16. The third-order valence-corrected chi connectivity index (χ3v) is 5.96. The first kappa shape index (κ1) is 22.6. The molecule has 2 heterocycles. The molecule has 0 unspecified atom stereocenters. The van der Waals surface area contributed by atoms with Gasteiger partial charge in [0, 0.05) is 37.3 Å². The van der Waals surface area contributed by atoms with Gasteiger partial charge in [-0.05, 0) is 41.8 Å². The van der Waals surface area contributed by atoms with Gasteiger partial charge in [0.2, 0.25) is 0 Å². The molecule has 1 aromatic heterocycles. The van der Waals surface area contributed by atoms with E-state index in [4.69, 9.17) is 10.1 Å². The van der Waals surface area contributed by atoms with E-state index >= 15 is 0 Å². The van der Waals surface area contributed by atoms with Crippen LogP contribution in [-0.2, 0) is 21.2 Å². The van der Waals surface area contributed by atoms with Crippen molar-refractivity contribution >= 4 is 27.7 Å². The van der Waals surface area contributed by atoms with E-state index in [1.807, 2.05) is 6.92 Å². The number of fused-ring (bicyclic) bond motifs is 1. The predicted octanol–water partition coefficient (Wildman–Crippen LogP) is 1.73. The van der Waals surface area contributed by atoms with E-state index in [0.717, 1.165) is 22.9 Å². The number of sulfone groups is 1. The average Bonchev–Trinajstić information content (AvgIpc) is 3.12. The molecule has 0 radical (unpaired) electrons. The van der Waals surface area contributed by atoms with Crippen LogP contribution in [0.2, 0.25) is 0 Å². The van der Waals surface area contributed by atoms with Crippen molar-refractivity contribution < 1.29 is 23.1 Å². The quantitative estimate of drug-likeness (QED) is 0.338. The number of aliphatic hydroxyl groups is 1. The Morgan fingerprint density at radius 2 is 2.13 bits per heavy atom. The highest BCUT2D eigenvalue weighted by molar-refractivity contribution is 7.90. The molecule has 1 aliphatic rings. The van der Waals surface area contributed by atoms with Crippen LogP contribution < -0.4 is 10.6 Å². The summed E-state index contributed by atoms with van der Waals surface area (Å²) in [5.74, 6) is -0.341. The largest absolute Gasteiger partial charge is 0.457 e. The molecule has 1 aromatic carbocycles. The Balaban J connectivity index is 1.56. The smallest absolute Gasteiger partial charge is 0.338 e. The van der Waals surface area contributed by atoms with Crippen LogP contribution in [-0.4, -0.2) is 50.0 Å². The molecule has 1 atom stereocenters. The molecule has 0 amide bonds. The Labute approximate surface area is 180 Å². The van der Waals surface area contributed by atoms with Gasteiger partial charge in [0.25, 0.3) is 0 Å². The molecule has 0 spiro atoms. The molecular formula is C21H24N4O5S. The van der Waals surface area contributed by atoms with Gasteiger partial charge in [-0.1, -0.05) is 6.07 Å². The van der Waals surface area contributed by atoms with Crippen LogP contribution in [0.4, 0.5) is 5.69 Å². The average molecular weight is 445 g/mol. The second-order valence-corrected chi connectivity index (χ2v) is 9.16. The summed E-state index contributed by atoms with van der Waals surface area (Å²) in [7, 11) is -3.36. The Morgan fingerprint density at radius 3 is 2.77 bits per heavy atom. The minimum absolute atomic E-state index is 0.0114. The summed E-state index contributed by atoms with van der Waals surface area (Å²) in [6.45, 7) is 2.66. The van der Waals surface area contributed by atoms with Crippen molar-refractivity contribution in [3.05, 3.63) is 64.5 Å². The standard InChI is InChI=1S/C21H24N4O5S/c1-13-16(4-5-17-18(13)12-30-21(17)27)19(26)11-23-8-14(7-22)9-24-15-3-6-20(25-10-15)31(2,28)29/h3-7,9-10,19,22-24,26H,8,11-12H2,1-2H3/b14-9+,22-7?/t19-/m0/s1. The van der Waals surface area contributed by atoms with E-state index in [1.54, 1.807) is 24.4 Å². The van der Waals surface area contributed by atoms with Gasteiger partial charge in [0.1, 0.15) is 6.61 Å².